The maximum atomic E-state index is 12.0. The number of carbonyl (C=O) groups excluding carboxylic acids is 1. The Morgan fingerprint density at radius 2 is 2.13 bits per heavy atom. The molecule has 2 aromatic rings. The van der Waals surface area contributed by atoms with Gasteiger partial charge in [-0.05, 0) is 25.1 Å². The van der Waals surface area contributed by atoms with Crippen molar-refractivity contribution < 1.29 is 14.3 Å². The van der Waals surface area contributed by atoms with Crippen molar-refractivity contribution in [3.05, 3.63) is 48.2 Å². The Labute approximate surface area is 135 Å². The summed E-state index contributed by atoms with van der Waals surface area (Å²) in [5.41, 5.74) is 1.81. The lowest BCUT2D eigenvalue weighted by molar-refractivity contribution is -0.141. The number of fused-ring (bicyclic) bond motifs is 1. The SMILES string of the molecule is CCOC(=O)CN1c2cccnc2NC1c1ccccc1OC. The number of nitrogens with zero attached hydrogens (tertiary/aromatic N) is 2. The molecule has 1 aliphatic heterocycles. The number of rotatable bonds is 5. The summed E-state index contributed by atoms with van der Waals surface area (Å²) in [7, 11) is 1.63. The van der Waals surface area contributed by atoms with Crippen LogP contribution in [0.5, 0.6) is 5.75 Å². The third-order valence-electron chi connectivity index (χ3n) is 3.72. The Morgan fingerprint density at radius 1 is 1.30 bits per heavy atom. The predicted octanol–water partition coefficient (Wildman–Crippen LogP) is 2.58. The van der Waals surface area contributed by atoms with E-state index in [9.17, 15) is 4.79 Å². The Hall–Kier alpha value is -2.76. The van der Waals surface area contributed by atoms with Crippen molar-refractivity contribution >= 4 is 17.5 Å². The van der Waals surface area contributed by atoms with Gasteiger partial charge in [-0.25, -0.2) is 4.98 Å². The highest BCUT2D eigenvalue weighted by Gasteiger charge is 2.33. The van der Waals surface area contributed by atoms with Gasteiger partial charge in [-0.2, -0.15) is 0 Å². The summed E-state index contributed by atoms with van der Waals surface area (Å²) in [6.07, 6.45) is 1.49. The molecule has 0 amide bonds. The van der Waals surface area contributed by atoms with E-state index in [2.05, 4.69) is 10.3 Å². The summed E-state index contributed by atoms with van der Waals surface area (Å²) in [5.74, 6) is 1.23. The molecule has 2 heterocycles. The average molecular weight is 313 g/mol. The van der Waals surface area contributed by atoms with E-state index in [0.717, 1.165) is 22.8 Å². The van der Waals surface area contributed by atoms with Crippen LogP contribution in [0.1, 0.15) is 18.7 Å². The number of hydrogen-bond donors (Lipinski definition) is 1. The first-order chi connectivity index (χ1) is 11.2. The van der Waals surface area contributed by atoms with E-state index in [1.165, 1.54) is 0 Å². The number of carbonyl (C=O) groups is 1. The second kappa shape index (κ2) is 6.56. The molecule has 6 heteroatoms. The molecule has 1 aromatic heterocycles. The van der Waals surface area contributed by atoms with Gasteiger partial charge < -0.3 is 19.7 Å². The van der Waals surface area contributed by atoms with Crippen molar-refractivity contribution in [2.75, 3.05) is 30.5 Å². The number of ether oxygens (including phenoxy) is 2. The smallest absolute Gasteiger partial charge is 0.325 e. The number of para-hydroxylation sites is 1. The lowest BCUT2D eigenvalue weighted by Crippen LogP contribution is -2.34. The lowest BCUT2D eigenvalue weighted by atomic mass is 10.1. The van der Waals surface area contributed by atoms with Gasteiger partial charge in [0.05, 0.1) is 19.4 Å². The molecule has 1 N–H and O–H groups in total. The number of methoxy groups -OCH3 is 1. The van der Waals surface area contributed by atoms with Crippen LogP contribution in [0.2, 0.25) is 0 Å². The largest absolute Gasteiger partial charge is 0.496 e. The van der Waals surface area contributed by atoms with Crippen molar-refractivity contribution in [2.24, 2.45) is 0 Å². The number of esters is 1. The predicted molar refractivity (Wildman–Crippen MR) is 87.6 cm³/mol. The molecule has 0 aliphatic carbocycles. The van der Waals surface area contributed by atoms with Gasteiger partial charge in [-0.3, -0.25) is 4.79 Å². The van der Waals surface area contributed by atoms with Gasteiger partial charge >= 0.3 is 5.97 Å². The second-order valence-electron chi connectivity index (χ2n) is 5.09. The molecule has 0 saturated carbocycles. The van der Waals surface area contributed by atoms with Crippen LogP contribution in [0.25, 0.3) is 0 Å². The van der Waals surface area contributed by atoms with Crippen molar-refractivity contribution in [3.63, 3.8) is 0 Å². The minimum Gasteiger partial charge on any atom is -0.496 e. The average Bonchev–Trinajstić information content (AvgIpc) is 2.93. The first-order valence-electron chi connectivity index (χ1n) is 7.51. The van der Waals surface area contributed by atoms with Gasteiger partial charge in [0.15, 0.2) is 5.82 Å². The van der Waals surface area contributed by atoms with Crippen molar-refractivity contribution in [1.29, 1.82) is 0 Å². The Balaban J connectivity index is 1.97. The van der Waals surface area contributed by atoms with Crippen molar-refractivity contribution in [2.45, 2.75) is 13.1 Å². The maximum Gasteiger partial charge on any atom is 0.325 e. The van der Waals surface area contributed by atoms with Gasteiger partial charge in [0.1, 0.15) is 18.5 Å². The molecule has 0 saturated heterocycles. The molecule has 0 spiro atoms. The van der Waals surface area contributed by atoms with Gasteiger partial charge in [-0.1, -0.05) is 18.2 Å². The van der Waals surface area contributed by atoms with Crippen LogP contribution in [0, 0.1) is 0 Å². The van der Waals surface area contributed by atoms with E-state index in [-0.39, 0.29) is 18.7 Å². The zero-order valence-corrected chi connectivity index (χ0v) is 13.2. The fourth-order valence-electron chi connectivity index (χ4n) is 2.75. The van der Waals surface area contributed by atoms with Crippen LogP contribution in [-0.2, 0) is 9.53 Å². The third kappa shape index (κ3) is 2.92. The van der Waals surface area contributed by atoms with Gasteiger partial charge in [-0.15, -0.1) is 0 Å². The Bertz CT molecular complexity index is 705. The van der Waals surface area contributed by atoms with E-state index >= 15 is 0 Å². The zero-order chi connectivity index (χ0) is 16.2. The quantitative estimate of drug-likeness (QED) is 0.856. The number of hydrogen-bond acceptors (Lipinski definition) is 6. The maximum absolute atomic E-state index is 12.0. The Morgan fingerprint density at radius 3 is 2.91 bits per heavy atom. The molecule has 1 unspecified atom stereocenters. The molecule has 0 bridgehead atoms. The lowest BCUT2D eigenvalue weighted by Gasteiger charge is -2.27. The number of benzene rings is 1. The normalized spacial score (nSPS) is 15.7. The molecule has 0 fully saturated rings. The van der Waals surface area contributed by atoms with Gasteiger partial charge in [0.25, 0.3) is 0 Å². The number of nitrogens with one attached hydrogen (secondary N) is 1. The van der Waals surface area contributed by atoms with Crippen molar-refractivity contribution in [1.82, 2.24) is 4.98 Å². The van der Waals surface area contributed by atoms with Crippen LogP contribution in [0.4, 0.5) is 11.5 Å². The first-order valence-corrected chi connectivity index (χ1v) is 7.51. The van der Waals surface area contributed by atoms with Gasteiger partial charge in [0.2, 0.25) is 0 Å². The van der Waals surface area contributed by atoms with Crippen molar-refractivity contribution in [3.8, 4) is 5.75 Å². The summed E-state index contributed by atoms with van der Waals surface area (Å²) in [6.45, 7) is 2.30. The van der Waals surface area contributed by atoms with Crippen LogP contribution in [0.3, 0.4) is 0 Å². The van der Waals surface area contributed by atoms with E-state index in [0.29, 0.717) is 6.61 Å². The van der Waals surface area contributed by atoms with E-state index in [1.807, 2.05) is 41.3 Å². The zero-order valence-electron chi connectivity index (χ0n) is 13.2. The number of aromatic nitrogens is 1. The first kappa shape index (κ1) is 15.1. The van der Waals surface area contributed by atoms with E-state index in [4.69, 9.17) is 9.47 Å². The number of anilines is 2. The standard InChI is InChI=1S/C17H19N3O3/c1-3-23-15(21)11-20-13-8-6-10-18-16(13)19-17(20)12-7-4-5-9-14(12)22-2/h4-10,17H,3,11H2,1-2H3,(H,18,19). The highest BCUT2D eigenvalue weighted by molar-refractivity contribution is 5.82. The highest BCUT2D eigenvalue weighted by Crippen LogP contribution is 2.41. The van der Waals surface area contributed by atoms with Crippen LogP contribution < -0.4 is 15.0 Å². The third-order valence-corrected chi connectivity index (χ3v) is 3.72. The summed E-state index contributed by atoms with van der Waals surface area (Å²) in [4.78, 5) is 18.3. The van der Waals surface area contributed by atoms with Gasteiger partial charge in [0, 0.05) is 11.8 Å². The fraction of sp³-hybridized carbons (Fsp3) is 0.294. The Kier molecular flexibility index (Phi) is 4.32. The molecule has 1 atom stereocenters. The van der Waals surface area contributed by atoms with E-state index in [1.54, 1.807) is 20.2 Å². The molecular formula is C17H19N3O3. The van der Waals surface area contributed by atoms with E-state index < -0.39 is 0 Å². The molecular weight excluding hydrogens is 294 g/mol. The number of pyridine rings is 1. The minimum atomic E-state index is -0.272. The molecule has 120 valence electrons. The fourth-order valence-corrected chi connectivity index (χ4v) is 2.75. The molecule has 23 heavy (non-hydrogen) atoms. The summed E-state index contributed by atoms with van der Waals surface area (Å²) in [5, 5.41) is 3.35. The minimum absolute atomic E-state index is 0.141. The summed E-state index contributed by atoms with van der Waals surface area (Å²) >= 11 is 0. The molecule has 1 aliphatic rings. The molecule has 1 aromatic carbocycles. The van der Waals surface area contributed by atoms with Crippen LogP contribution in [-0.4, -0.2) is 31.2 Å². The second-order valence-corrected chi connectivity index (χ2v) is 5.09. The molecule has 0 radical (unpaired) electrons. The monoisotopic (exact) mass is 313 g/mol. The topological polar surface area (TPSA) is 63.7 Å². The van der Waals surface area contributed by atoms with Crippen LogP contribution in [0.15, 0.2) is 42.6 Å². The highest BCUT2D eigenvalue weighted by atomic mass is 16.5. The van der Waals surface area contributed by atoms with Crippen LogP contribution >= 0.6 is 0 Å². The molecule has 3 rings (SSSR count). The summed E-state index contributed by atoms with van der Waals surface area (Å²) < 4.78 is 10.6. The molecule has 6 nitrogen and oxygen atoms in total. The summed E-state index contributed by atoms with van der Waals surface area (Å²) in [6, 6.07) is 11.5.